The van der Waals surface area contributed by atoms with Gasteiger partial charge in [0.05, 0.1) is 37.0 Å². The molecule has 6 rings (SSSR count). The van der Waals surface area contributed by atoms with Gasteiger partial charge in [0.25, 0.3) is 0 Å². The Morgan fingerprint density at radius 3 is 0.711 bits per heavy atom. The van der Waals surface area contributed by atoms with Crippen LogP contribution >= 0.6 is 0 Å². The van der Waals surface area contributed by atoms with Crippen molar-refractivity contribution in [1.29, 1.82) is 0 Å². The van der Waals surface area contributed by atoms with Crippen molar-refractivity contribution in [3.05, 3.63) is 161 Å². The van der Waals surface area contributed by atoms with Crippen LogP contribution < -0.4 is 42.6 Å². The first kappa shape index (κ1) is 91.5. The summed E-state index contributed by atoms with van der Waals surface area (Å²) in [5.74, 6) is 4.75. The van der Waals surface area contributed by atoms with Crippen molar-refractivity contribution in [1.82, 2.24) is 0 Å². The maximum atomic E-state index is 12.5. The largest absolute Gasteiger partial charge is 0.496 e. The normalized spacial score (nSPS) is 11.0. The van der Waals surface area contributed by atoms with Crippen LogP contribution in [-0.2, 0) is 47.3 Å². The van der Waals surface area contributed by atoms with Crippen molar-refractivity contribution in [2.75, 3.05) is 60.0 Å². The number of hydrogen-bond donors (Lipinski definition) is 3. The fourth-order valence-corrected chi connectivity index (χ4v) is 6.52. The first-order valence-electron chi connectivity index (χ1n) is 25.0. The van der Waals surface area contributed by atoms with Gasteiger partial charge in [0.15, 0.2) is 0 Å². The molecule has 0 amide bonds. The molecule has 0 fully saturated rings. The Morgan fingerprint density at radius 1 is 0.344 bits per heavy atom. The molecule has 484 valence electrons. The molecule has 3 atom stereocenters. The molecule has 0 heterocycles. The Labute approximate surface area is 607 Å². The third-order valence-corrected chi connectivity index (χ3v) is 10.5. The molecule has 0 spiro atoms. The van der Waals surface area contributed by atoms with Crippen LogP contribution in [0.2, 0.25) is 0 Å². The van der Waals surface area contributed by atoms with E-state index in [4.69, 9.17) is 71.4 Å². The second kappa shape index (κ2) is 49.7. The van der Waals surface area contributed by atoms with E-state index in [9.17, 15) is 54.8 Å². The van der Waals surface area contributed by atoms with Gasteiger partial charge in [0.1, 0.15) is 110 Å². The number of carbonyl (C=O) groups excluding carboxylic acids is 6. The minimum absolute atomic E-state index is 0. The van der Waals surface area contributed by atoms with Crippen LogP contribution in [0.1, 0.15) is 47.2 Å². The van der Waals surface area contributed by atoms with Crippen LogP contribution in [0.3, 0.4) is 0 Å². The third kappa shape index (κ3) is 38.8. The first-order valence-corrected chi connectivity index (χ1v) is 25.0. The van der Waals surface area contributed by atoms with E-state index in [1.807, 2.05) is 34.6 Å². The SMILES string of the molecule is CCOc1ccc(OCC(O)COc2ccc(C(F)(F)F)cc2)cc1C.CCOc1ccc(OCC(O)COc2ccc(C(F)(F)F)cc2)cc1C.COc1ccc(OCC(O)COc2ccc(C(F)(F)F)cc2)cc1C.O=C=O.O=C=O.O=C=O.[U].[U].[U].[U]. The number of rotatable bonds is 23. The maximum absolute atomic E-state index is 12.5. The number of aliphatic hydroxyl groups excluding tert-OH is 3. The van der Waals surface area contributed by atoms with Crippen LogP contribution in [0.4, 0.5) is 39.5 Å². The second-order valence-electron chi connectivity index (χ2n) is 17.0. The molecule has 0 aliphatic rings. The number of hydrogen-bond acceptors (Lipinski definition) is 18. The number of alkyl halides is 9. The van der Waals surface area contributed by atoms with Crippen molar-refractivity contribution in [3.8, 4) is 51.7 Å². The molecule has 90 heavy (non-hydrogen) atoms. The van der Waals surface area contributed by atoms with E-state index in [-0.39, 0.29) is 200 Å². The van der Waals surface area contributed by atoms with E-state index in [0.29, 0.717) is 30.5 Å². The summed E-state index contributed by atoms with van der Waals surface area (Å²) in [7, 11) is 1.57. The molecule has 6 aromatic rings. The van der Waals surface area contributed by atoms with Crippen molar-refractivity contribution in [2.24, 2.45) is 0 Å². The summed E-state index contributed by atoms with van der Waals surface area (Å²) in [6.45, 7) is 10.3. The zero-order valence-corrected chi connectivity index (χ0v) is 65.5. The van der Waals surface area contributed by atoms with E-state index in [1.54, 1.807) is 61.7 Å². The maximum Gasteiger partial charge on any atom is 0.416 e. The molecule has 3 N–H and O–H groups in total. The Bertz CT molecular complexity index is 2850. The molecule has 18 nitrogen and oxygen atoms in total. The molecule has 0 saturated heterocycles. The smallest absolute Gasteiger partial charge is 0.416 e. The number of methoxy groups -OCH3 is 1. The molecule has 0 saturated carbocycles. The van der Waals surface area contributed by atoms with E-state index >= 15 is 0 Å². The average Bonchev–Trinajstić information content (AvgIpc) is 2.64. The predicted octanol–water partition coefficient (Wildman–Crippen LogP) is 10.6. The summed E-state index contributed by atoms with van der Waals surface area (Å²) < 4.78 is 161. The van der Waals surface area contributed by atoms with Gasteiger partial charge in [-0.25, -0.2) is 0 Å². The molecule has 6 aromatic carbocycles. The van der Waals surface area contributed by atoms with Gasteiger partial charge in [-0.1, -0.05) is 0 Å². The van der Waals surface area contributed by atoms with Crippen molar-refractivity contribution in [2.45, 2.75) is 71.5 Å². The zero-order chi connectivity index (χ0) is 64.9. The Morgan fingerprint density at radius 2 is 0.533 bits per heavy atom. The Balaban J connectivity index is -0.000000564. The van der Waals surface area contributed by atoms with Crippen LogP contribution in [0, 0.1) is 145 Å². The van der Waals surface area contributed by atoms with Crippen LogP contribution in [0.5, 0.6) is 51.7 Å². The molecule has 0 radical (unpaired) electrons. The first-order chi connectivity index (χ1) is 40.6. The van der Waals surface area contributed by atoms with Gasteiger partial charge in [-0.15, -0.1) is 0 Å². The number of halogens is 9. The average molecular weight is 2180 g/mol. The minimum Gasteiger partial charge on any atom is -0.496 e. The van der Waals surface area contributed by atoms with Crippen LogP contribution in [0.25, 0.3) is 0 Å². The third-order valence-electron chi connectivity index (χ3n) is 10.5. The van der Waals surface area contributed by atoms with Crippen molar-refractivity contribution in [3.63, 3.8) is 0 Å². The molecule has 0 aromatic heterocycles. The van der Waals surface area contributed by atoms with Gasteiger partial charge in [-0.05, 0) is 179 Å². The Kier molecular flexibility index (Phi) is 50.6. The van der Waals surface area contributed by atoms with E-state index < -0.39 is 53.5 Å². The number of ether oxygens (including phenoxy) is 9. The molecule has 0 bridgehead atoms. The van der Waals surface area contributed by atoms with Gasteiger partial charge < -0.3 is 58.0 Å². The number of aryl methyl sites for hydroxylation is 3. The van der Waals surface area contributed by atoms with Crippen molar-refractivity contribution < 1.29 is 251 Å². The monoisotopic (exact) mass is 2180 g/mol. The Hall–Kier alpha value is -4.88. The predicted molar refractivity (Wildman–Crippen MR) is 283 cm³/mol. The molecule has 0 aliphatic carbocycles. The molecular weight excluding hydrogens is 2120 g/mol. The molecule has 3 unspecified atom stereocenters. The minimum atomic E-state index is -4.39. The summed E-state index contributed by atoms with van der Waals surface area (Å²) in [6, 6.07) is 28.8. The topological polar surface area (TPSA) is 246 Å². The fraction of sp³-hybridized carbons (Fsp3) is 0.339. The number of benzene rings is 6. The summed E-state index contributed by atoms with van der Waals surface area (Å²) >= 11 is 0. The van der Waals surface area contributed by atoms with Crippen LogP contribution in [0.15, 0.2) is 127 Å². The van der Waals surface area contributed by atoms with Gasteiger partial charge >= 0.3 is 37.0 Å². The van der Waals surface area contributed by atoms with Crippen molar-refractivity contribution >= 4 is 18.5 Å². The van der Waals surface area contributed by atoms with Crippen LogP contribution in [-0.4, -0.2) is 112 Å². The van der Waals surface area contributed by atoms with E-state index in [0.717, 1.165) is 70.3 Å². The van der Waals surface area contributed by atoms with E-state index in [1.165, 1.54) is 36.4 Å². The van der Waals surface area contributed by atoms with Gasteiger partial charge in [-0.2, -0.15) is 68.3 Å². The molecule has 0 aliphatic heterocycles. The summed E-state index contributed by atoms with van der Waals surface area (Å²) in [5, 5.41) is 29.7. The van der Waals surface area contributed by atoms with Gasteiger partial charge in [0.2, 0.25) is 0 Å². The van der Waals surface area contributed by atoms with E-state index in [2.05, 4.69) is 0 Å². The fourth-order valence-electron chi connectivity index (χ4n) is 6.52. The van der Waals surface area contributed by atoms with Gasteiger partial charge in [-0.3, -0.25) is 0 Å². The molecule has 31 heteroatoms. The molecular formula is C59H61F9O18U4. The second-order valence-corrected chi connectivity index (χ2v) is 17.0. The zero-order valence-electron chi connectivity index (χ0n) is 48.9. The summed E-state index contributed by atoms with van der Waals surface area (Å²) in [6.07, 6.45) is -15.2. The van der Waals surface area contributed by atoms with Gasteiger partial charge in [0, 0.05) is 124 Å². The summed E-state index contributed by atoms with van der Waals surface area (Å²) in [5.41, 5.74) is 0.480. The quantitative estimate of drug-likeness (QED) is 0.0505. The summed E-state index contributed by atoms with van der Waals surface area (Å²) in [4.78, 5) is 48.8. The standard InChI is InChI=1S/2C19H21F3O4.C18H19F3O4.3CO2.4U/c2*1-3-24-18-9-8-17(10-13(18)2)26-12-15(23)11-25-16-6-4-14(5-7-16)19(20,21)22;1-12-9-16(7-8-17(12)23-2)25-11-14(22)10-24-15-5-3-13(4-6-15)18(19,20)21;3*2-1-3;;;;/h2*4-10,15,23H,3,11-12H2,1-2H3;3-9,14,22H,10-11H2,1-2H3;;;;;;;. The number of aliphatic hydroxyl groups is 3.